The van der Waals surface area contributed by atoms with E-state index in [1.54, 1.807) is 51.1 Å². The highest BCUT2D eigenvalue weighted by molar-refractivity contribution is 7.52. The molecular weight excluding hydrogens is 493 g/mol. The van der Waals surface area contributed by atoms with E-state index in [4.69, 9.17) is 18.5 Å². The first-order valence-electron chi connectivity index (χ1n) is 11.6. The Morgan fingerprint density at radius 2 is 1.92 bits per heavy atom. The fourth-order valence-corrected chi connectivity index (χ4v) is 5.20. The van der Waals surface area contributed by atoms with Crippen molar-refractivity contribution < 1.29 is 33.0 Å². The lowest BCUT2D eigenvalue weighted by molar-refractivity contribution is -0.149. The minimum Gasteiger partial charge on any atom is -0.462 e. The van der Waals surface area contributed by atoms with E-state index < -0.39 is 55.4 Å². The van der Waals surface area contributed by atoms with Crippen LogP contribution < -0.4 is 20.9 Å². The number of nitrogens with zero attached hydrogens (tertiary/aromatic N) is 1. The number of aromatic nitrogens is 2. The van der Waals surface area contributed by atoms with Crippen LogP contribution in [0.1, 0.15) is 40.3 Å². The largest absolute Gasteiger partial charge is 0.462 e. The Bertz CT molecular complexity index is 1180. The maximum absolute atomic E-state index is 13.5. The summed E-state index contributed by atoms with van der Waals surface area (Å²) >= 11 is 0. The molecule has 3 N–H and O–H groups in total. The van der Waals surface area contributed by atoms with Gasteiger partial charge in [-0.15, -0.1) is 0 Å². The number of nitrogens with one attached hydrogen (secondary N) is 2. The molecule has 1 fully saturated rings. The van der Waals surface area contributed by atoms with Crippen LogP contribution in [0.5, 0.6) is 5.75 Å². The SMILES string of the molecule is CC(C)OC(=O)[C@@H](C)N[P@@](=O)(OCC[C@H]1O[C@@H](n2ccc(=O)[nH]c2=O)[C@@H](C)[C@@H]1O)Oc1ccccc1. The molecular formula is C23H32N3O9P. The average Bonchev–Trinajstić information content (AvgIpc) is 3.07. The lowest BCUT2D eigenvalue weighted by atomic mass is 10.0. The summed E-state index contributed by atoms with van der Waals surface area (Å²) in [5.74, 6) is -0.834. The number of rotatable bonds is 11. The molecule has 0 aliphatic carbocycles. The Morgan fingerprint density at radius 3 is 2.56 bits per heavy atom. The number of esters is 1. The molecule has 0 saturated carbocycles. The predicted molar refractivity (Wildman–Crippen MR) is 129 cm³/mol. The number of aliphatic hydroxyl groups is 1. The third-order valence-corrected chi connectivity index (χ3v) is 7.18. The minimum absolute atomic E-state index is 0.106. The van der Waals surface area contributed by atoms with Crippen LogP contribution in [0.2, 0.25) is 0 Å². The van der Waals surface area contributed by atoms with Crippen molar-refractivity contribution in [2.45, 2.75) is 64.7 Å². The smallest absolute Gasteiger partial charge is 0.459 e. The van der Waals surface area contributed by atoms with Gasteiger partial charge in [-0.2, -0.15) is 5.09 Å². The summed E-state index contributed by atoms with van der Waals surface area (Å²) in [6, 6.07) is 8.53. The predicted octanol–water partition coefficient (Wildman–Crippen LogP) is 1.95. The molecule has 3 rings (SSSR count). The number of hydrogen-bond acceptors (Lipinski definition) is 9. The van der Waals surface area contributed by atoms with E-state index in [2.05, 4.69) is 10.1 Å². The summed E-state index contributed by atoms with van der Waals surface area (Å²) in [5.41, 5.74) is -1.20. The van der Waals surface area contributed by atoms with Crippen molar-refractivity contribution in [1.29, 1.82) is 0 Å². The second-order valence-corrected chi connectivity index (χ2v) is 10.5. The van der Waals surface area contributed by atoms with Gasteiger partial charge in [0.25, 0.3) is 5.56 Å². The first-order valence-corrected chi connectivity index (χ1v) is 13.2. The molecule has 12 nitrogen and oxygen atoms in total. The van der Waals surface area contributed by atoms with Crippen LogP contribution in [0.4, 0.5) is 0 Å². The molecule has 13 heteroatoms. The molecule has 0 bridgehead atoms. The third kappa shape index (κ3) is 7.14. The van der Waals surface area contributed by atoms with Gasteiger partial charge in [-0.25, -0.2) is 9.36 Å². The lowest BCUT2D eigenvalue weighted by Gasteiger charge is -2.24. The number of hydrogen-bond donors (Lipinski definition) is 3. The standard InChI is InChI=1S/C23H32N3O9P/c1-14(2)33-22(29)16(4)25-36(31,35-17-8-6-5-7-9-17)32-13-11-18-20(28)15(3)21(34-18)26-12-10-19(27)24-23(26)30/h5-10,12,14-16,18,20-21,28H,11,13H2,1-4H3,(H,25,31)(H,24,27,30)/t15-,16+,18+,20-,21+,36+/m0/s1. The van der Waals surface area contributed by atoms with E-state index in [9.17, 15) is 24.1 Å². The van der Waals surface area contributed by atoms with Gasteiger partial charge in [-0.1, -0.05) is 25.1 Å². The van der Waals surface area contributed by atoms with Gasteiger partial charge in [-0.3, -0.25) is 23.7 Å². The van der Waals surface area contributed by atoms with Gasteiger partial charge in [0, 0.05) is 24.6 Å². The van der Waals surface area contributed by atoms with Crippen molar-refractivity contribution >= 4 is 13.7 Å². The zero-order valence-corrected chi connectivity index (χ0v) is 21.4. The zero-order chi connectivity index (χ0) is 26.5. The Labute approximate surface area is 208 Å². The number of H-pyrrole nitrogens is 1. The second-order valence-electron chi connectivity index (χ2n) is 8.79. The molecule has 36 heavy (non-hydrogen) atoms. The second kappa shape index (κ2) is 12.0. The number of carbonyl (C=O) groups excluding carboxylic acids is 1. The lowest BCUT2D eigenvalue weighted by Crippen LogP contribution is -2.36. The number of para-hydroxylation sites is 1. The van der Waals surface area contributed by atoms with Crippen molar-refractivity contribution in [3.63, 3.8) is 0 Å². The Hall–Kier alpha value is -2.76. The molecule has 6 atom stereocenters. The van der Waals surface area contributed by atoms with Crippen LogP contribution in [0.3, 0.4) is 0 Å². The van der Waals surface area contributed by atoms with Crippen molar-refractivity contribution in [3.05, 3.63) is 63.4 Å². The number of ether oxygens (including phenoxy) is 2. The van der Waals surface area contributed by atoms with Crippen molar-refractivity contribution in [3.8, 4) is 5.75 Å². The van der Waals surface area contributed by atoms with Crippen LogP contribution in [0, 0.1) is 5.92 Å². The highest BCUT2D eigenvalue weighted by Crippen LogP contribution is 2.45. The summed E-state index contributed by atoms with van der Waals surface area (Å²) in [4.78, 5) is 37.9. The van der Waals surface area contributed by atoms with Crippen LogP contribution >= 0.6 is 7.75 Å². The maximum Gasteiger partial charge on any atom is 0.459 e. The van der Waals surface area contributed by atoms with Gasteiger partial charge in [-0.05, 0) is 32.9 Å². The maximum atomic E-state index is 13.5. The van der Waals surface area contributed by atoms with Gasteiger partial charge in [0.1, 0.15) is 18.0 Å². The quantitative estimate of drug-likeness (QED) is 0.292. The van der Waals surface area contributed by atoms with Crippen LogP contribution in [-0.4, -0.2) is 51.6 Å². The number of benzene rings is 1. The van der Waals surface area contributed by atoms with Crippen molar-refractivity contribution in [2.24, 2.45) is 5.92 Å². The van der Waals surface area contributed by atoms with Gasteiger partial charge in [0.15, 0.2) is 0 Å². The molecule has 0 amide bonds. The molecule has 0 unspecified atom stereocenters. The first kappa shape index (κ1) is 27.8. The first-order chi connectivity index (χ1) is 17.0. The molecule has 2 heterocycles. The van der Waals surface area contributed by atoms with E-state index in [0.717, 1.165) is 0 Å². The molecule has 1 aliphatic heterocycles. The van der Waals surface area contributed by atoms with Gasteiger partial charge >= 0.3 is 19.4 Å². The monoisotopic (exact) mass is 525 g/mol. The highest BCUT2D eigenvalue weighted by Gasteiger charge is 2.42. The topological polar surface area (TPSA) is 158 Å². The van der Waals surface area contributed by atoms with Gasteiger partial charge < -0.3 is 19.1 Å². The van der Waals surface area contributed by atoms with Crippen molar-refractivity contribution in [1.82, 2.24) is 14.6 Å². The number of aliphatic hydroxyl groups excluding tert-OH is 1. The summed E-state index contributed by atoms with van der Waals surface area (Å²) < 4.78 is 36.9. The molecule has 198 valence electrons. The minimum atomic E-state index is -4.06. The Balaban J connectivity index is 1.68. The van der Waals surface area contributed by atoms with Crippen LogP contribution in [0.15, 0.2) is 52.2 Å². The Morgan fingerprint density at radius 1 is 1.22 bits per heavy atom. The summed E-state index contributed by atoms with van der Waals surface area (Å²) in [6.07, 6.45) is -1.47. The third-order valence-electron chi connectivity index (χ3n) is 5.50. The van der Waals surface area contributed by atoms with E-state index in [0.29, 0.717) is 0 Å². The Kier molecular flexibility index (Phi) is 9.26. The van der Waals surface area contributed by atoms with E-state index in [-0.39, 0.29) is 24.9 Å². The molecule has 2 aromatic rings. The fourth-order valence-electron chi connectivity index (χ4n) is 3.70. The van der Waals surface area contributed by atoms with Gasteiger partial charge in [0.2, 0.25) is 0 Å². The van der Waals surface area contributed by atoms with E-state index in [1.807, 2.05) is 0 Å². The number of carbonyl (C=O) groups is 1. The molecule has 0 spiro atoms. The molecule has 1 aromatic carbocycles. The highest BCUT2D eigenvalue weighted by atomic mass is 31.2. The fraction of sp³-hybridized carbons (Fsp3) is 0.522. The van der Waals surface area contributed by atoms with Gasteiger partial charge in [0.05, 0.1) is 24.9 Å². The molecule has 1 aromatic heterocycles. The summed E-state index contributed by atoms with van der Waals surface area (Å²) in [6.45, 7) is 6.42. The molecule has 1 aliphatic rings. The van der Waals surface area contributed by atoms with E-state index >= 15 is 0 Å². The molecule has 1 saturated heterocycles. The molecule has 0 radical (unpaired) electrons. The van der Waals surface area contributed by atoms with Crippen LogP contribution in [0.25, 0.3) is 0 Å². The van der Waals surface area contributed by atoms with Crippen molar-refractivity contribution in [2.75, 3.05) is 6.61 Å². The van der Waals surface area contributed by atoms with Crippen LogP contribution in [-0.2, 0) is 23.4 Å². The zero-order valence-electron chi connectivity index (χ0n) is 20.5. The number of aromatic amines is 1. The summed E-state index contributed by atoms with van der Waals surface area (Å²) in [7, 11) is -4.06. The normalized spacial score (nSPS) is 24.3. The average molecular weight is 525 g/mol. The summed E-state index contributed by atoms with van der Waals surface area (Å²) in [5, 5.41) is 13.3. The van der Waals surface area contributed by atoms with E-state index in [1.165, 1.54) is 23.8 Å².